The number of piperidine rings is 1. The van der Waals surface area contributed by atoms with Crippen LogP contribution in [0.5, 0.6) is 0 Å². The van der Waals surface area contributed by atoms with E-state index in [0.717, 1.165) is 50.3 Å². The van der Waals surface area contributed by atoms with E-state index < -0.39 is 0 Å². The van der Waals surface area contributed by atoms with Gasteiger partial charge < -0.3 is 32.0 Å². The molecule has 1 aliphatic carbocycles. The van der Waals surface area contributed by atoms with E-state index in [4.69, 9.17) is 11.1 Å². The molecule has 2 aromatic rings. The van der Waals surface area contributed by atoms with Crippen molar-refractivity contribution in [3.8, 4) is 0 Å². The van der Waals surface area contributed by atoms with E-state index in [1.807, 2.05) is 24.3 Å². The second kappa shape index (κ2) is 12.3. The lowest BCUT2D eigenvalue weighted by atomic mass is 10.1. The van der Waals surface area contributed by atoms with Crippen LogP contribution in [-0.2, 0) is 11.2 Å². The lowest BCUT2D eigenvalue weighted by Gasteiger charge is -2.26. The Morgan fingerprint density at radius 3 is 2.66 bits per heavy atom. The summed E-state index contributed by atoms with van der Waals surface area (Å²) in [4.78, 5) is 23.3. The van der Waals surface area contributed by atoms with Gasteiger partial charge in [-0.1, -0.05) is 18.6 Å². The largest absolute Gasteiger partial charge is 0.385 e. The third-order valence-electron chi connectivity index (χ3n) is 6.31. The van der Waals surface area contributed by atoms with Crippen LogP contribution < -0.4 is 21.7 Å². The van der Waals surface area contributed by atoms with Crippen LogP contribution in [-0.4, -0.2) is 52.7 Å². The molecule has 9 heteroatoms. The van der Waals surface area contributed by atoms with Crippen molar-refractivity contribution in [1.29, 1.82) is 5.41 Å². The van der Waals surface area contributed by atoms with Gasteiger partial charge in [-0.15, -0.1) is 0 Å². The molecular formula is C26H36N8O. The molecule has 2 aliphatic rings. The minimum Gasteiger partial charge on any atom is -0.385 e. The van der Waals surface area contributed by atoms with E-state index in [2.05, 4.69) is 30.8 Å². The fraction of sp³-hybridized carbons (Fsp3) is 0.462. The van der Waals surface area contributed by atoms with Crippen molar-refractivity contribution in [3.05, 3.63) is 54.0 Å². The Balaban J connectivity index is 1.20. The first-order valence-corrected chi connectivity index (χ1v) is 12.6. The van der Waals surface area contributed by atoms with Gasteiger partial charge >= 0.3 is 0 Å². The number of aryl methyl sites for hydroxylation is 1. The molecule has 2 heterocycles. The summed E-state index contributed by atoms with van der Waals surface area (Å²) in [6.45, 7) is 3.97. The molecule has 0 unspecified atom stereocenters. The smallest absolute Gasteiger partial charge is 0.229 e. The topological polar surface area (TPSA) is 132 Å². The lowest BCUT2D eigenvalue weighted by molar-refractivity contribution is -0.121. The summed E-state index contributed by atoms with van der Waals surface area (Å²) >= 11 is 0. The maximum atomic E-state index is 12.2. The van der Waals surface area contributed by atoms with Gasteiger partial charge in [0.2, 0.25) is 11.9 Å². The molecule has 1 amide bonds. The first-order valence-electron chi connectivity index (χ1n) is 12.6. The Labute approximate surface area is 207 Å². The summed E-state index contributed by atoms with van der Waals surface area (Å²) in [6, 6.07) is 9.66. The fourth-order valence-corrected chi connectivity index (χ4v) is 4.12. The van der Waals surface area contributed by atoms with E-state index in [-0.39, 0.29) is 5.91 Å². The number of carbonyl (C=O) groups excluding carboxylic acids is 1. The molecular weight excluding hydrogens is 440 g/mol. The number of likely N-dealkylation sites (tertiary alicyclic amines) is 1. The molecule has 6 N–H and O–H groups in total. The molecule has 35 heavy (non-hydrogen) atoms. The van der Waals surface area contributed by atoms with Crippen LogP contribution in [0.1, 0.15) is 44.1 Å². The summed E-state index contributed by atoms with van der Waals surface area (Å²) in [5, 5.41) is 17.2. The van der Waals surface area contributed by atoms with Crippen LogP contribution in [0, 0.1) is 11.3 Å². The number of amides is 1. The Hall–Kier alpha value is -3.46. The average molecular weight is 477 g/mol. The van der Waals surface area contributed by atoms with Crippen LogP contribution in [0.2, 0.25) is 0 Å². The number of hydrogen-bond donors (Lipinski definition) is 5. The van der Waals surface area contributed by atoms with Crippen LogP contribution in [0.4, 0.5) is 17.5 Å². The highest BCUT2D eigenvalue weighted by Crippen LogP contribution is 2.30. The predicted octanol–water partition coefficient (Wildman–Crippen LogP) is 3.40. The fourth-order valence-electron chi connectivity index (χ4n) is 4.12. The third kappa shape index (κ3) is 8.36. The molecule has 0 spiro atoms. The molecule has 9 nitrogen and oxygen atoms in total. The normalized spacial score (nSPS) is 16.5. The molecule has 0 radical (unpaired) electrons. The summed E-state index contributed by atoms with van der Waals surface area (Å²) in [6.07, 6.45) is 10.5. The molecule has 0 atom stereocenters. The van der Waals surface area contributed by atoms with Crippen molar-refractivity contribution < 1.29 is 4.79 Å². The Bertz CT molecular complexity index is 1030. The van der Waals surface area contributed by atoms with Gasteiger partial charge in [0.25, 0.3) is 0 Å². The summed E-state index contributed by atoms with van der Waals surface area (Å²) < 4.78 is 0. The van der Waals surface area contributed by atoms with Crippen molar-refractivity contribution in [2.75, 3.05) is 36.8 Å². The zero-order chi connectivity index (χ0) is 24.5. The third-order valence-corrected chi connectivity index (χ3v) is 6.31. The first kappa shape index (κ1) is 24.7. The number of anilines is 3. The van der Waals surface area contributed by atoms with Gasteiger partial charge in [-0.25, -0.2) is 4.98 Å². The maximum absolute atomic E-state index is 12.2. The van der Waals surface area contributed by atoms with E-state index in [1.165, 1.54) is 19.3 Å². The molecule has 1 aliphatic heterocycles. The van der Waals surface area contributed by atoms with Crippen LogP contribution in [0.25, 0.3) is 0 Å². The second-order valence-corrected chi connectivity index (χ2v) is 9.29. The Kier molecular flexibility index (Phi) is 8.67. The molecule has 1 aromatic carbocycles. The van der Waals surface area contributed by atoms with Crippen molar-refractivity contribution in [3.63, 3.8) is 0 Å². The van der Waals surface area contributed by atoms with Gasteiger partial charge in [0.1, 0.15) is 11.6 Å². The van der Waals surface area contributed by atoms with E-state index >= 15 is 0 Å². The van der Waals surface area contributed by atoms with Crippen molar-refractivity contribution >= 4 is 29.1 Å². The average Bonchev–Trinajstić information content (AvgIpc) is 3.70. The van der Waals surface area contributed by atoms with E-state index in [0.29, 0.717) is 42.1 Å². The van der Waals surface area contributed by atoms with Crippen molar-refractivity contribution in [2.24, 2.45) is 11.7 Å². The van der Waals surface area contributed by atoms with Gasteiger partial charge in [-0.3, -0.25) is 4.79 Å². The number of allylic oxidation sites excluding steroid dienone is 1. The van der Waals surface area contributed by atoms with Gasteiger partial charge in [0, 0.05) is 43.0 Å². The number of nitrogens with two attached hydrogens (primary N) is 1. The second-order valence-electron chi connectivity index (χ2n) is 9.29. The van der Waals surface area contributed by atoms with Crippen molar-refractivity contribution in [1.82, 2.24) is 20.2 Å². The SMILES string of the molecule is N=C(/C=C(\N)Nc1ccnc(Nc2ccc(CCC(=O)NCCN3CCCCC3)cc2)n1)C1CC1. The van der Waals surface area contributed by atoms with Gasteiger partial charge in [0.05, 0.1) is 0 Å². The van der Waals surface area contributed by atoms with Gasteiger partial charge in [-0.05, 0) is 75.0 Å². The molecule has 186 valence electrons. The maximum Gasteiger partial charge on any atom is 0.229 e. The van der Waals surface area contributed by atoms with Crippen LogP contribution >= 0.6 is 0 Å². The number of hydrogen-bond acceptors (Lipinski definition) is 8. The number of carbonyl (C=O) groups is 1. The molecule has 2 fully saturated rings. The van der Waals surface area contributed by atoms with Gasteiger partial charge in [0.15, 0.2) is 0 Å². The number of aromatic nitrogens is 2. The first-order chi connectivity index (χ1) is 17.0. The van der Waals surface area contributed by atoms with Crippen LogP contribution in [0.3, 0.4) is 0 Å². The summed E-state index contributed by atoms with van der Waals surface area (Å²) in [5.74, 6) is 1.84. The highest BCUT2D eigenvalue weighted by atomic mass is 16.1. The molecule has 1 saturated heterocycles. The number of nitrogens with one attached hydrogen (secondary N) is 4. The van der Waals surface area contributed by atoms with E-state index in [9.17, 15) is 4.79 Å². The monoisotopic (exact) mass is 476 g/mol. The molecule has 4 rings (SSSR count). The van der Waals surface area contributed by atoms with Crippen LogP contribution in [0.15, 0.2) is 48.4 Å². The van der Waals surface area contributed by atoms with Crippen molar-refractivity contribution in [2.45, 2.75) is 44.9 Å². The molecule has 0 bridgehead atoms. The Morgan fingerprint density at radius 1 is 1.14 bits per heavy atom. The molecule has 1 saturated carbocycles. The number of benzene rings is 1. The zero-order valence-corrected chi connectivity index (χ0v) is 20.2. The number of nitrogens with zero attached hydrogens (tertiary/aromatic N) is 3. The minimum atomic E-state index is 0.0996. The number of rotatable bonds is 12. The summed E-state index contributed by atoms with van der Waals surface area (Å²) in [5.41, 5.74) is 8.52. The predicted molar refractivity (Wildman–Crippen MR) is 140 cm³/mol. The summed E-state index contributed by atoms with van der Waals surface area (Å²) in [7, 11) is 0. The quantitative estimate of drug-likeness (QED) is 0.297. The van der Waals surface area contributed by atoms with Gasteiger partial charge in [-0.2, -0.15) is 4.98 Å². The van der Waals surface area contributed by atoms with E-state index in [1.54, 1.807) is 18.3 Å². The highest BCUT2D eigenvalue weighted by molar-refractivity contribution is 5.96. The lowest BCUT2D eigenvalue weighted by Crippen LogP contribution is -2.37. The molecule has 1 aromatic heterocycles. The zero-order valence-electron chi connectivity index (χ0n) is 20.2. The Morgan fingerprint density at radius 2 is 1.91 bits per heavy atom. The standard InChI is InChI=1S/C26H36N8O/c27-22(20-7-8-20)18-23(28)32-24-12-13-30-26(33-24)31-21-9-4-19(5-10-21)6-11-25(35)29-14-17-34-15-2-1-3-16-34/h4-5,9-10,12-13,18,20,27H,1-3,6-8,11,14-17,28H2,(H,29,35)(H2,30,31,32,33)/b23-18+,27-22?. The minimum absolute atomic E-state index is 0.0996. The highest BCUT2D eigenvalue weighted by Gasteiger charge is 2.25.